The second-order valence-corrected chi connectivity index (χ2v) is 5.61. The van der Waals surface area contributed by atoms with E-state index in [0.29, 0.717) is 22.1 Å². The van der Waals surface area contributed by atoms with Gasteiger partial charge in [-0.25, -0.2) is 0 Å². The minimum atomic E-state index is 0.0919. The van der Waals surface area contributed by atoms with Crippen LogP contribution in [0.2, 0.25) is 5.02 Å². The fourth-order valence-electron chi connectivity index (χ4n) is 2.13. The van der Waals surface area contributed by atoms with E-state index in [2.05, 4.69) is 28.8 Å². The molecular formula is C18H21ClN4O. The third-order valence-electron chi connectivity index (χ3n) is 3.51. The van der Waals surface area contributed by atoms with Gasteiger partial charge in [0.2, 0.25) is 0 Å². The van der Waals surface area contributed by atoms with E-state index < -0.39 is 0 Å². The zero-order chi connectivity index (χ0) is 17.7. The number of oxazole rings is 1. The lowest BCUT2D eigenvalue weighted by molar-refractivity contribution is 0.580. The van der Waals surface area contributed by atoms with Gasteiger partial charge in [-0.3, -0.25) is 4.99 Å². The van der Waals surface area contributed by atoms with Crippen LogP contribution in [-0.4, -0.2) is 10.7 Å². The fraction of sp³-hybridized carbons (Fsp3) is 0.222. The highest BCUT2D eigenvalue weighted by atomic mass is 35.5. The highest BCUT2D eigenvalue weighted by molar-refractivity contribution is 6.33. The van der Waals surface area contributed by atoms with Crippen LogP contribution in [-0.2, 0) is 0 Å². The van der Waals surface area contributed by atoms with Gasteiger partial charge in [0.05, 0.1) is 16.4 Å². The van der Waals surface area contributed by atoms with E-state index in [1.54, 1.807) is 0 Å². The van der Waals surface area contributed by atoms with Crippen LogP contribution in [0.5, 0.6) is 0 Å². The molecule has 5 nitrogen and oxygen atoms in total. The number of halogens is 1. The number of benzene rings is 1. The molecular weight excluding hydrogens is 324 g/mol. The summed E-state index contributed by atoms with van der Waals surface area (Å²) in [5.74, 6) is 0. The maximum absolute atomic E-state index is 6.27. The number of nitrogens with two attached hydrogens (primary N) is 1. The van der Waals surface area contributed by atoms with E-state index in [0.717, 1.165) is 23.4 Å². The van der Waals surface area contributed by atoms with Crippen LogP contribution in [0.25, 0.3) is 5.70 Å². The van der Waals surface area contributed by atoms with Crippen molar-refractivity contribution in [3.05, 3.63) is 59.1 Å². The molecule has 0 saturated heterocycles. The van der Waals surface area contributed by atoms with Gasteiger partial charge in [-0.1, -0.05) is 37.2 Å². The van der Waals surface area contributed by atoms with Crippen LogP contribution in [0.3, 0.4) is 0 Å². The molecule has 0 bridgehead atoms. The maximum Gasteiger partial charge on any atom is 0.292 e. The molecule has 0 atom stereocenters. The summed E-state index contributed by atoms with van der Waals surface area (Å²) in [5.41, 5.74) is 10.2. The molecule has 2 aromatic rings. The van der Waals surface area contributed by atoms with E-state index in [9.17, 15) is 0 Å². The van der Waals surface area contributed by atoms with Crippen LogP contribution in [0.15, 0.2) is 52.2 Å². The average molecular weight is 345 g/mol. The van der Waals surface area contributed by atoms with Crippen molar-refractivity contribution in [2.75, 3.05) is 11.1 Å². The number of hydrogen-bond acceptors (Lipinski definition) is 5. The summed E-state index contributed by atoms with van der Waals surface area (Å²) in [6, 6.07) is 5.78. The van der Waals surface area contributed by atoms with Gasteiger partial charge in [0, 0.05) is 11.4 Å². The number of aromatic nitrogens is 1. The van der Waals surface area contributed by atoms with Gasteiger partial charge in [0.15, 0.2) is 0 Å². The molecule has 0 radical (unpaired) electrons. The third kappa shape index (κ3) is 4.26. The molecule has 3 N–H and O–H groups in total. The van der Waals surface area contributed by atoms with E-state index in [-0.39, 0.29) is 6.01 Å². The Morgan fingerprint density at radius 1 is 1.50 bits per heavy atom. The van der Waals surface area contributed by atoms with Crippen LogP contribution in [0.1, 0.15) is 38.4 Å². The van der Waals surface area contributed by atoms with E-state index >= 15 is 0 Å². The molecule has 24 heavy (non-hydrogen) atoms. The number of nitrogens with one attached hydrogen (secondary N) is 1. The molecule has 0 saturated carbocycles. The van der Waals surface area contributed by atoms with Crippen LogP contribution in [0.4, 0.5) is 11.7 Å². The largest absolute Gasteiger partial charge is 0.432 e. The van der Waals surface area contributed by atoms with Crippen molar-refractivity contribution in [3.8, 4) is 0 Å². The summed E-state index contributed by atoms with van der Waals surface area (Å²) in [5, 5.41) is 3.72. The average Bonchev–Trinajstić information content (AvgIpc) is 3.01. The lowest BCUT2D eigenvalue weighted by Crippen LogP contribution is -2.02. The van der Waals surface area contributed by atoms with Gasteiger partial charge in [-0.2, -0.15) is 4.98 Å². The molecule has 0 amide bonds. The molecule has 6 heteroatoms. The summed E-state index contributed by atoms with van der Waals surface area (Å²) in [4.78, 5) is 8.67. The van der Waals surface area contributed by atoms with E-state index in [1.165, 1.54) is 6.26 Å². The monoisotopic (exact) mass is 344 g/mol. The Bertz CT molecular complexity index is 805. The molecule has 0 aliphatic heterocycles. The highest BCUT2D eigenvalue weighted by Crippen LogP contribution is 2.27. The maximum atomic E-state index is 6.27. The molecule has 1 aromatic carbocycles. The van der Waals surface area contributed by atoms with Crippen LogP contribution >= 0.6 is 11.6 Å². The van der Waals surface area contributed by atoms with E-state index in [1.807, 2.05) is 38.1 Å². The van der Waals surface area contributed by atoms with E-state index in [4.69, 9.17) is 21.8 Å². The molecule has 0 aliphatic carbocycles. The molecule has 0 spiro atoms. The minimum absolute atomic E-state index is 0.0919. The quantitative estimate of drug-likeness (QED) is 0.713. The zero-order valence-electron chi connectivity index (χ0n) is 14.1. The summed E-state index contributed by atoms with van der Waals surface area (Å²) < 4.78 is 4.99. The van der Waals surface area contributed by atoms with Crippen molar-refractivity contribution in [1.82, 2.24) is 4.98 Å². The Hall–Kier alpha value is -2.53. The highest BCUT2D eigenvalue weighted by Gasteiger charge is 2.09. The predicted octanol–water partition coefficient (Wildman–Crippen LogP) is 5.12. The van der Waals surface area contributed by atoms with Crippen molar-refractivity contribution in [2.45, 2.75) is 27.2 Å². The Kier molecular flexibility index (Phi) is 5.82. The lowest BCUT2D eigenvalue weighted by Gasteiger charge is -2.11. The number of nitrogen functional groups attached to an aromatic ring is 1. The SMILES string of the molecule is C=C(Nc1cc(C(C)=N/C(=C\C)CC)ccc1Cl)c1coc(N)n1. The Labute approximate surface area is 146 Å². The summed E-state index contributed by atoms with van der Waals surface area (Å²) in [7, 11) is 0. The molecule has 0 unspecified atom stereocenters. The number of anilines is 2. The van der Waals surface area contributed by atoms with Crippen molar-refractivity contribution in [3.63, 3.8) is 0 Å². The normalized spacial score (nSPS) is 12.3. The van der Waals surface area contributed by atoms with Gasteiger partial charge in [-0.05, 0) is 38.0 Å². The number of hydrogen-bond donors (Lipinski definition) is 2. The lowest BCUT2D eigenvalue weighted by atomic mass is 10.1. The second-order valence-electron chi connectivity index (χ2n) is 5.20. The first kappa shape index (κ1) is 17.8. The first-order valence-corrected chi connectivity index (χ1v) is 8.00. The number of aliphatic imine (C=N–C) groups is 1. The smallest absolute Gasteiger partial charge is 0.292 e. The first-order valence-electron chi connectivity index (χ1n) is 7.62. The molecule has 0 fully saturated rings. The zero-order valence-corrected chi connectivity index (χ0v) is 14.8. The number of nitrogens with zero attached hydrogens (tertiary/aromatic N) is 2. The number of rotatable bonds is 6. The van der Waals surface area contributed by atoms with Gasteiger partial charge >= 0.3 is 0 Å². The van der Waals surface area contributed by atoms with Crippen molar-refractivity contribution < 1.29 is 4.42 Å². The van der Waals surface area contributed by atoms with Gasteiger partial charge in [-0.15, -0.1) is 0 Å². The Morgan fingerprint density at radius 2 is 2.25 bits per heavy atom. The molecule has 0 aliphatic rings. The molecule has 1 heterocycles. The van der Waals surface area contributed by atoms with Crippen LogP contribution in [0, 0.1) is 0 Å². The second kappa shape index (κ2) is 7.84. The molecule has 126 valence electrons. The van der Waals surface area contributed by atoms with Crippen molar-refractivity contribution >= 4 is 34.7 Å². The Morgan fingerprint density at radius 3 is 2.83 bits per heavy atom. The summed E-state index contributed by atoms with van der Waals surface area (Å²) in [6.45, 7) is 9.97. The van der Waals surface area contributed by atoms with Crippen molar-refractivity contribution in [1.29, 1.82) is 0 Å². The summed E-state index contributed by atoms with van der Waals surface area (Å²) in [6.07, 6.45) is 4.33. The third-order valence-corrected chi connectivity index (χ3v) is 3.84. The van der Waals surface area contributed by atoms with Gasteiger partial charge in [0.1, 0.15) is 12.0 Å². The van der Waals surface area contributed by atoms with Gasteiger partial charge < -0.3 is 15.5 Å². The molecule has 1 aromatic heterocycles. The first-order chi connectivity index (χ1) is 11.4. The van der Waals surface area contributed by atoms with Crippen LogP contribution < -0.4 is 11.1 Å². The number of allylic oxidation sites excluding steroid dienone is 2. The fourth-order valence-corrected chi connectivity index (χ4v) is 2.29. The molecule has 2 rings (SSSR count). The predicted molar refractivity (Wildman–Crippen MR) is 101 cm³/mol. The van der Waals surface area contributed by atoms with Gasteiger partial charge in [0.25, 0.3) is 6.01 Å². The topological polar surface area (TPSA) is 76.4 Å². The summed E-state index contributed by atoms with van der Waals surface area (Å²) >= 11 is 6.27. The van der Waals surface area contributed by atoms with Crippen molar-refractivity contribution in [2.24, 2.45) is 4.99 Å². The minimum Gasteiger partial charge on any atom is -0.432 e. The standard InChI is InChI=1S/C18H21ClN4O/c1-5-14(6-2)21-11(3)13-7-8-15(19)16(9-13)22-12(4)17-10-24-18(20)23-17/h5,7-10,22H,4,6H2,1-3H3,(H2,20,23)/b14-5-,21-11?. The Balaban J connectivity index is 2.27.